The van der Waals surface area contributed by atoms with Gasteiger partial charge in [-0.3, -0.25) is 9.78 Å². The molecule has 1 rings (SSSR count). The van der Waals surface area contributed by atoms with E-state index in [0.717, 1.165) is 11.3 Å². The van der Waals surface area contributed by atoms with Gasteiger partial charge in [0.2, 0.25) is 5.91 Å². The monoisotopic (exact) mass is 193 g/mol. The Morgan fingerprint density at radius 3 is 2.93 bits per heavy atom. The molecule has 14 heavy (non-hydrogen) atoms. The second-order valence-corrected chi connectivity index (χ2v) is 3.47. The highest BCUT2D eigenvalue weighted by atomic mass is 16.1. The molecule has 1 unspecified atom stereocenters. The van der Waals surface area contributed by atoms with E-state index in [0.29, 0.717) is 6.42 Å². The van der Waals surface area contributed by atoms with Crippen molar-refractivity contribution in [2.75, 3.05) is 5.32 Å². The number of pyridine rings is 1. The van der Waals surface area contributed by atoms with Crippen molar-refractivity contribution in [2.45, 2.75) is 26.3 Å². The fraction of sp³-hybridized carbons (Fsp3) is 0.400. The van der Waals surface area contributed by atoms with Crippen LogP contribution in [-0.4, -0.2) is 16.9 Å². The molecule has 0 fully saturated rings. The normalized spacial score (nSPS) is 12.1. The van der Waals surface area contributed by atoms with Crippen LogP contribution in [0.2, 0.25) is 0 Å². The zero-order valence-corrected chi connectivity index (χ0v) is 8.45. The lowest BCUT2D eigenvalue weighted by molar-refractivity contribution is -0.118. The summed E-state index contributed by atoms with van der Waals surface area (Å²) in [5, 5.41) is 3.15. The molecule has 76 valence electrons. The van der Waals surface area contributed by atoms with Crippen molar-refractivity contribution in [2.24, 2.45) is 5.73 Å². The molecular weight excluding hydrogens is 178 g/mol. The van der Waals surface area contributed by atoms with Crippen molar-refractivity contribution in [3.05, 3.63) is 24.0 Å². The molecule has 1 aromatic rings. The molecule has 1 heterocycles. The molecule has 0 spiro atoms. The van der Waals surface area contributed by atoms with Crippen LogP contribution in [0.4, 0.5) is 5.69 Å². The van der Waals surface area contributed by atoms with Crippen molar-refractivity contribution < 1.29 is 4.79 Å². The van der Waals surface area contributed by atoms with Gasteiger partial charge in [-0.2, -0.15) is 0 Å². The van der Waals surface area contributed by atoms with E-state index in [2.05, 4.69) is 10.3 Å². The van der Waals surface area contributed by atoms with Gasteiger partial charge in [-0.15, -0.1) is 0 Å². The predicted molar refractivity (Wildman–Crippen MR) is 55.9 cm³/mol. The molecule has 0 aromatic carbocycles. The molecule has 4 nitrogen and oxygen atoms in total. The Bertz CT molecular complexity index is 325. The molecule has 4 heteroatoms. The van der Waals surface area contributed by atoms with Crippen molar-refractivity contribution >= 4 is 11.6 Å². The van der Waals surface area contributed by atoms with E-state index in [1.165, 1.54) is 0 Å². The number of anilines is 1. The topological polar surface area (TPSA) is 68.0 Å². The maximum Gasteiger partial charge on any atom is 0.219 e. The van der Waals surface area contributed by atoms with E-state index in [4.69, 9.17) is 5.73 Å². The van der Waals surface area contributed by atoms with E-state index in [9.17, 15) is 4.79 Å². The summed E-state index contributed by atoms with van der Waals surface area (Å²) in [6, 6.07) is 2.01. The van der Waals surface area contributed by atoms with E-state index in [1.54, 1.807) is 12.4 Å². The van der Waals surface area contributed by atoms with Crippen LogP contribution >= 0.6 is 0 Å². The molecule has 0 bridgehead atoms. The molecular formula is C10H15N3O. The molecule has 1 amide bonds. The summed E-state index contributed by atoms with van der Waals surface area (Å²) in [6.45, 7) is 3.88. The first-order chi connectivity index (χ1) is 6.58. The van der Waals surface area contributed by atoms with Gasteiger partial charge in [-0.05, 0) is 25.5 Å². The first-order valence-electron chi connectivity index (χ1n) is 4.54. The van der Waals surface area contributed by atoms with Crippen molar-refractivity contribution in [3.8, 4) is 0 Å². The molecule has 0 saturated carbocycles. The number of hydrogen-bond acceptors (Lipinski definition) is 3. The van der Waals surface area contributed by atoms with Crippen LogP contribution in [0.15, 0.2) is 18.5 Å². The lowest BCUT2D eigenvalue weighted by Gasteiger charge is -2.13. The molecule has 0 radical (unpaired) electrons. The number of hydrogen-bond donors (Lipinski definition) is 2. The third-order valence-corrected chi connectivity index (χ3v) is 1.80. The summed E-state index contributed by atoms with van der Waals surface area (Å²) in [5.74, 6) is -0.300. The summed E-state index contributed by atoms with van der Waals surface area (Å²) in [5.41, 5.74) is 7.08. The van der Waals surface area contributed by atoms with E-state index >= 15 is 0 Å². The number of aryl methyl sites for hydroxylation is 1. The zero-order valence-electron chi connectivity index (χ0n) is 8.45. The predicted octanol–water partition coefficient (Wildman–Crippen LogP) is 1.07. The van der Waals surface area contributed by atoms with Crippen LogP contribution < -0.4 is 11.1 Å². The third-order valence-electron chi connectivity index (χ3n) is 1.80. The van der Waals surface area contributed by atoms with Gasteiger partial charge in [0.05, 0.1) is 5.69 Å². The molecule has 0 saturated heterocycles. The molecule has 0 aliphatic rings. The Morgan fingerprint density at radius 1 is 1.64 bits per heavy atom. The summed E-state index contributed by atoms with van der Waals surface area (Å²) in [7, 11) is 0. The maximum absolute atomic E-state index is 10.6. The second-order valence-electron chi connectivity index (χ2n) is 3.47. The van der Waals surface area contributed by atoms with Crippen LogP contribution in [0.3, 0.4) is 0 Å². The highest BCUT2D eigenvalue weighted by molar-refractivity contribution is 5.74. The summed E-state index contributed by atoms with van der Waals surface area (Å²) in [4.78, 5) is 14.7. The van der Waals surface area contributed by atoms with Crippen molar-refractivity contribution in [3.63, 3.8) is 0 Å². The minimum atomic E-state index is -0.300. The molecule has 0 aliphatic carbocycles. The van der Waals surface area contributed by atoms with Gasteiger partial charge in [0.15, 0.2) is 0 Å². The number of amides is 1. The SMILES string of the molecule is Cc1cncc(NC(C)CC(N)=O)c1. The van der Waals surface area contributed by atoms with Gasteiger partial charge in [-0.1, -0.05) is 0 Å². The Hall–Kier alpha value is -1.58. The van der Waals surface area contributed by atoms with Gasteiger partial charge < -0.3 is 11.1 Å². The number of nitrogens with two attached hydrogens (primary N) is 1. The number of nitrogens with zero attached hydrogens (tertiary/aromatic N) is 1. The average molecular weight is 193 g/mol. The quantitative estimate of drug-likeness (QED) is 0.751. The number of carbonyl (C=O) groups is 1. The lowest BCUT2D eigenvalue weighted by Crippen LogP contribution is -2.24. The zero-order chi connectivity index (χ0) is 10.6. The Kier molecular flexibility index (Phi) is 3.45. The molecule has 3 N–H and O–H groups in total. The number of nitrogens with one attached hydrogen (secondary N) is 1. The minimum absolute atomic E-state index is 0.0381. The van der Waals surface area contributed by atoms with E-state index < -0.39 is 0 Å². The minimum Gasteiger partial charge on any atom is -0.381 e. The average Bonchev–Trinajstić information content (AvgIpc) is 2.01. The Labute approximate surface area is 83.5 Å². The highest BCUT2D eigenvalue weighted by Crippen LogP contribution is 2.09. The lowest BCUT2D eigenvalue weighted by atomic mass is 10.2. The van der Waals surface area contributed by atoms with Crippen molar-refractivity contribution in [1.29, 1.82) is 0 Å². The highest BCUT2D eigenvalue weighted by Gasteiger charge is 2.05. The first-order valence-corrected chi connectivity index (χ1v) is 4.54. The summed E-state index contributed by atoms with van der Waals surface area (Å²) < 4.78 is 0. The molecule has 1 atom stereocenters. The number of rotatable bonds is 4. The smallest absolute Gasteiger partial charge is 0.219 e. The maximum atomic E-state index is 10.6. The standard InChI is InChI=1S/C10H15N3O/c1-7-3-9(6-12-5-7)13-8(2)4-10(11)14/h3,5-6,8,13H,4H2,1-2H3,(H2,11,14). The number of aromatic nitrogens is 1. The van der Waals surface area contributed by atoms with E-state index in [-0.39, 0.29) is 11.9 Å². The summed E-state index contributed by atoms with van der Waals surface area (Å²) >= 11 is 0. The number of primary amides is 1. The van der Waals surface area contributed by atoms with Crippen LogP contribution in [0.25, 0.3) is 0 Å². The Morgan fingerprint density at radius 2 is 2.36 bits per heavy atom. The van der Waals surface area contributed by atoms with Gasteiger partial charge in [0.25, 0.3) is 0 Å². The third kappa shape index (κ3) is 3.43. The van der Waals surface area contributed by atoms with Gasteiger partial charge in [0, 0.05) is 24.9 Å². The van der Waals surface area contributed by atoms with Crippen molar-refractivity contribution in [1.82, 2.24) is 4.98 Å². The van der Waals surface area contributed by atoms with Crippen LogP contribution in [0.1, 0.15) is 18.9 Å². The van der Waals surface area contributed by atoms with Crippen LogP contribution in [-0.2, 0) is 4.79 Å². The van der Waals surface area contributed by atoms with E-state index in [1.807, 2.05) is 19.9 Å². The fourth-order valence-electron chi connectivity index (χ4n) is 1.27. The van der Waals surface area contributed by atoms with Gasteiger partial charge >= 0.3 is 0 Å². The number of carbonyl (C=O) groups excluding carboxylic acids is 1. The molecule has 1 aromatic heterocycles. The fourth-order valence-corrected chi connectivity index (χ4v) is 1.27. The Balaban J connectivity index is 2.55. The first kappa shape index (κ1) is 10.5. The van der Waals surface area contributed by atoms with Crippen LogP contribution in [0.5, 0.6) is 0 Å². The van der Waals surface area contributed by atoms with Crippen LogP contribution in [0, 0.1) is 6.92 Å². The largest absolute Gasteiger partial charge is 0.381 e. The second kappa shape index (κ2) is 4.60. The molecule has 0 aliphatic heterocycles. The summed E-state index contributed by atoms with van der Waals surface area (Å²) in [6.07, 6.45) is 3.84. The van der Waals surface area contributed by atoms with Gasteiger partial charge in [0.1, 0.15) is 0 Å². The van der Waals surface area contributed by atoms with Gasteiger partial charge in [-0.25, -0.2) is 0 Å².